The lowest BCUT2D eigenvalue weighted by atomic mass is 9.96. The van der Waals surface area contributed by atoms with Crippen LogP contribution in [0.15, 0.2) is 48.5 Å². The second-order valence-corrected chi connectivity index (χ2v) is 8.05. The average Bonchev–Trinajstić information content (AvgIpc) is 2.93. The maximum atomic E-state index is 13.2. The molecule has 2 saturated heterocycles. The van der Waals surface area contributed by atoms with Gasteiger partial charge in [-0.25, -0.2) is 9.18 Å². The molecule has 0 saturated carbocycles. The number of quaternary nitrogens is 1. The van der Waals surface area contributed by atoms with Gasteiger partial charge in [0.05, 0.1) is 24.4 Å². The number of para-hydroxylation sites is 2. The summed E-state index contributed by atoms with van der Waals surface area (Å²) in [5, 5.41) is 6.09. The molecule has 2 amide bonds. The highest BCUT2D eigenvalue weighted by Gasteiger charge is 2.44. The third-order valence-electron chi connectivity index (χ3n) is 6.14. The maximum Gasteiger partial charge on any atom is 0.319 e. The molecule has 2 heterocycles. The number of fused-ring (bicyclic) bond motifs is 2. The van der Waals surface area contributed by atoms with Crippen LogP contribution in [0.1, 0.15) is 38.2 Å². The molecule has 2 fully saturated rings. The van der Waals surface area contributed by atoms with Gasteiger partial charge >= 0.3 is 6.03 Å². The van der Waals surface area contributed by atoms with Crippen molar-refractivity contribution >= 4 is 11.7 Å². The van der Waals surface area contributed by atoms with E-state index in [-0.39, 0.29) is 17.9 Å². The number of benzene rings is 2. The van der Waals surface area contributed by atoms with Gasteiger partial charge in [-0.15, -0.1) is 0 Å². The van der Waals surface area contributed by atoms with E-state index in [9.17, 15) is 9.18 Å². The number of anilines is 1. The Bertz CT molecular complexity index is 828. The molecule has 0 spiro atoms. The summed E-state index contributed by atoms with van der Waals surface area (Å²) in [6.45, 7) is 3.41. The van der Waals surface area contributed by atoms with Crippen LogP contribution in [0.4, 0.5) is 14.9 Å². The molecule has 0 radical (unpaired) electrons. The first-order valence-corrected chi connectivity index (χ1v) is 10.5. The van der Waals surface area contributed by atoms with Crippen molar-refractivity contribution in [1.82, 2.24) is 5.32 Å². The molecule has 5 nitrogen and oxygen atoms in total. The minimum Gasteiger partial charge on any atom is -0.492 e. The van der Waals surface area contributed by atoms with E-state index in [1.807, 2.05) is 43.3 Å². The molecule has 0 aliphatic carbocycles. The number of halogens is 1. The van der Waals surface area contributed by atoms with Gasteiger partial charge in [-0.3, -0.25) is 0 Å². The Morgan fingerprint density at radius 3 is 2.48 bits per heavy atom. The van der Waals surface area contributed by atoms with Crippen LogP contribution < -0.4 is 20.3 Å². The van der Waals surface area contributed by atoms with Gasteiger partial charge < -0.3 is 20.3 Å². The van der Waals surface area contributed by atoms with E-state index < -0.39 is 0 Å². The predicted molar refractivity (Wildman–Crippen MR) is 111 cm³/mol. The summed E-state index contributed by atoms with van der Waals surface area (Å²) in [4.78, 5) is 14.1. The fourth-order valence-corrected chi connectivity index (χ4v) is 4.87. The number of rotatable bonds is 6. The first-order chi connectivity index (χ1) is 14.1. The molecular weight excluding hydrogens is 369 g/mol. The third-order valence-corrected chi connectivity index (χ3v) is 6.14. The Balaban J connectivity index is 1.33. The topological polar surface area (TPSA) is 54.8 Å². The van der Waals surface area contributed by atoms with Gasteiger partial charge in [-0.2, -0.15) is 0 Å². The Morgan fingerprint density at radius 1 is 1.10 bits per heavy atom. The second-order valence-electron chi connectivity index (χ2n) is 8.05. The SMILES string of the molecule is CCOc1ccccc1NC(=O)NC1C[C@H]2CC[C@H](C1)[NH+]2Cc1ccc(F)cc1. The molecule has 6 heteroatoms. The molecule has 2 aliphatic rings. The highest BCUT2D eigenvalue weighted by molar-refractivity contribution is 5.91. The number of nitrogens with one attached hydrogen (secondary N) is 3. The number of piperidine rings is 1. The molecule has 2 aliphatic heterocycles. The van der Waals surface area contributed by atoms with Crippen molar-refractivity contribution in [2.75, 3.05) is 11.9 Å². The van der Waals surface area contributed by atoms with E-state index in [1.54, 1.807) is 4.90 Å². The average molecular weight is 399 g/mol. The molecule has 2 atom stereocenters. The number of urea groups is 1. The molecule has 4 rings (SSSR count). The number of carbonyl (C=O) groups excluding carboxylic acids is 1. The number of carbonyl (C=O) groups is 1. The van der Waals surface area contributed by atoms with Crippen LogP contribution in [0.5, 0.6) is 5.75 Å². The highest BCUT2D eigenvalue weighted by Crippen LogP contribution is 2.25. The first kappa shape index (κ1) is 19.7. The van der Waals surface area contributed by atoms with Crippen molar-refractivity contribution in [3.05, 3.63) is 59.9 Å². The number of ether oxygens (including phenoxy) is 1. The number of hydrogen-bond donors (Lipinski definition) is 3. The highest BCUT2D eigenvalue weighted by atomic mass is 19.1. The molecule has 2 aromatic carbocycles. The van der Waals surface area contributed by atoms with Gasteiger partial charge in [0.15, 0.2) is 0 Å². The lowest BCUT2D eigenvalue weighted by molar-refractivity contribution is -0.954. The van der Waals surface area contributed by atoms with Crippen LogP contribution in [0.3, 0.4) is 0 Å². The zero-order valence-electron chi connectivity index (χ0n) is 16.8. The smallest absolute Gasteiger partial charge is 0.319 e. The van der Waals surface area contributed by atoms with E-state index in [4.69, 9.17) is 4.74 Å². The summed E-state index contributed by atoms with van der Waals surface area (Å²) in [5.74, 6) is 0.496. The van der Waals surface area contributed by atoms with Gasteiger partial charge in [0.25, 0.3) is 0 Å². The van der Waals surface area contributed by atoms with Crippen LogP contribution >= 0.6 is 0 Å². The Morgan fingerprint density at radius 2 is 1.79 bits per heavy atom. The van der Waals surface area contributed by atoms with Gasteiger partial charge in [-0.05, 0) is 31.2 Å². The van der Waals surface area contributed by atoms with Crippen LogP contribution in [0.2, 0.25) is 0 Å². The molecular formula is C23H29FN3O2+. The zero-order chi connectivity index (χ0) is 20.2. The van der Waals surface area contributed by atoms with Crippen molar-refractivity contribution in [3.63, 3.8) is 0 Å². The predicted octanol–water partition coefficient (Wildman–Crippen LogP) is 3.12. The molecule has 3 N–H and O–H groups in total. The van der Waals surface area contributed by atoms with Crippen LogP contribution in [-0.2, 0) is 6.54 Å². The quantitative estimate of drug-likeness (QED) is 0.700. The fraction of sp³-hybridized carbons (Fsp3) is 0.435. The monoisotopic (exact) mass is 398 g/mol. The van der Waals surface area contributed by atoms with Crippen molar-refractivity contribution in [1.29, 1.82) is 0 Å². The van der Waals surface area contributed by atoms with Gasteiger partial charge in [0, 0.05) is 37.3 Å². The van der Waals surface area contributed by atoms with Crippen LogP contribution in [0, 0.1) is 5.82 Å². The Labute approximate surface area is 171 Å². The molecule has 154 valence electrons. The Hall–Kier alpha value is -2.60. The minimum atomic E-state index is -0.188. The van der Waals surface area contributed by atoms with Crippen molar-refractivity contribution in [2.45, 2.75) is 57.3 Å². The number of hydrogen-bond acceptors (Lipinski definition) is 2. The lowest BCUT2D eigenvalue weighted by Crippen LogP contribution is -3.17. The van der Waals surface area contributed by atoms with Crippen LogP contribution in [0.25, 0.3) is 0 Å². The zero-order valence-corrected chi connectivity index (χ0v) is 16.8. The van der Waals surface area contributed by atoms with Crippen molar-refractivity contribution in [2.24, 2.45) is 0 Å². The summed E-state index contributed by atoms with van der Waals surface area (Å²) < 4.78 is 18.7. The first-order valence-electron chi connectivity index (χ1n) is 10.5. The van der Waals surface area contributed by atoms with E-state index in [1.165, 1.54) is 30.5 Å². The number of amides is 2. The lowest BCUT2D eigenvalue weighted by Gasteiger charge is -2.36. The fourth-order valence-electron chi connectivity index (χ4n) is 4.87. The summed E-state index contributed by atoms with van der Waals surface area (Å²) in [6, 6.07) is 15.4. The van der Waals surface area contributed by atoms with Gasteiger partial charge in [-0.1, -0.05) is 24.3 Å². The van der Waals surface area contributed by atoms with E-state index >= 15 is 0 Å². The summed E-state index contributed by atoms with van der Waals surface area (Å²) in [5.41, 5.74) is 1.86. The van der Waals surface area contributed by atoms with E-state index in [0.29, 0.717) is 30.1 Å². The molecule has 29 heavy (non-hydrogen) atoms. The minimum absolute atomic E-state index is 0.177. The molecule has 0 unspecified atom stereocenters. The largest absolute Gasteiger partial charge is 0.492 e. The van der Waals surface area contributed by atoms with Crippen LogP contribution in [-0.4, -0.2) is 30.8 Å². The standard InChI is InChI=1S/C23H28FN3O2/c1-2-29-22-6-4-3-5-21(22)26-23(28)25-18-13-19-11-12-20(14-18)27(19)15-16-7-9-17(24)10-8-16/h3-10,18-20H,2,11-15H2,1H3,(H2,25,26,28)/p+1/t19-,20-/m1/s1. The molecule has 0 aromatic heterocycles. The summed E-state index contributed by atoms with van der Waals surface area (Å²) in [6.07, 6.45) is 4.34. The van der Waals surface area contributed by atoms with Gasteiger partial charge in [0.1, 0.15) is 18.1 Å². The third kappa shape index (κ3) is 4.70. The normalized spacial score (nSPS) is 25.4. The van der Waals surface area contributed by atoms with Gasteiger partial charge in [0.2, 0.25) is 0 Å². The molecule has 2 bridgehead atoms. The Kier molecular flexibility index (Phi) is 6.00. The second kappa shape index (κ2) is 8.82. The van der Waals surface area contributed by atoms with Crippen molar-refractivity contribution in [3.8, 4) is 5.75 Å². The van der Waals surface area contributed by atoms with E-state index in [0.717, 1.165) is 19.4 Å². The van der Waals surface area contributed by atoms with E-state index in [2.05, 4.69) is 10.6 Å². The summed E-state index contributed by atoms with van der Waals surface area (Å²) in [7, 11) is 0. The molecule has 2 aromatic rings. The maximum absolute atomic E-state index is 13.2. The van der Waals surface area contributed by atoms with Crippen molar-refractivity contribution < 1.29 is 18.8 Å². The summed E-state index contributed by atoms with van der Waals surface area (Å²) >= 11 is 0.